The number of thiazole rings is 1. The van der Waals surface area contributed by atoms with E-state index in [0.717, 1.165) is 45.9 Å². The van der Waals surface area contributed by atoms with E-state index in [4.69, 9.17) is 4.42 Å². The Bertz CT molecular complexity index is 1210. The molecule has 172 valence electrons. The Hall–Kier alpha value is -2.81. The smallest absolute Gasteiger partial charge is 0.295 e. The predicted molar refractivity (Wildman–Crippen MR) is 129 cm³/mol. The fourth-order valence-electron chi connectivity index (χ4n) is 4.63. The van der Waals surface area contributed by atoms with Gasteiger partial charge in [-0.15, -0.1) is 11.3 Å². The van der Waals surface area contributed by atoms with E-state index < -0.39 is 6.23 Å². The molecule has 0 saturated carbocycles. The van der Waals surface area contributed by atoms with Crippen molar-refractivity contribution >= 4 is 28.5 Å². The Morgan fingerprint density at radius 3 is 2.79 bits per heavy atom. The Morgan fingerprint density at radius 1 is 1.21 bits per heavy atom. The SMILES string of the molecule is Cc1nc(C(O)N2CCC[C@H](C)C2CNc2nc3ccccc3o2)c(-c2ccc(F)cc2)s1. The van der Waals surface area contributed by atoms with Gasteiger partial charge in [-0.1, -0.05) is 31.2 Å². The molecule has 1 aliphatic heterocycles. The van der Waals surface area contributed by atoms with Crippen LogP contribution in [0.15, 0.2) is 52.9 Å². The molecule has 1 fully saturated rings. The highest BCUT2D eigenvalue weighted by atomic mass is 32.1. The van der Waals surface area contributed by atoms with E-state index in [2.05, 4.69) is 27.1 Å². The number of likely N-dealkylation sites (tertiary alicyclic amines) is 1. The number of anilines is 1. The van der Waals surface area contributed by atoms with Gasteiger partial charge in [0.25, 0.3) is 6.01 Å². The van der Waals surface area contributed by atoms with Crippen LogP contribution in [0, 0.1) is 18.7 Å². The van der Waals surface area contributed by atoms with Crippen LogP contribution in [0.5, 0.6) is 0 Å². The molecule has 2 aromatic carbocycles. The van der Waals surface area contributed by atoms with Crippen LogP contribution in [0.2, 0.25) is 0 Å². The monoisotopic (exact) mass is 466 g/mol. The Balaban J connectivity index is 1.39. The second-order valence-electron chi connectivity index (χ2n) is 8.62. The number of aryl methyl sites for hydroxylation is 1. The molecule has 2 N–H and O–H groups in total. The van der Waals surface area contributed by atoms with Crippen LogP contribution in [-0.2, 0) is 0 Å². The predicted octanol–water partition coefficient (Wildman–Crippen LogP) is 5.60. The number of para-hydroxylation sites is 2. The number of rotatable bonds is 6. The third-order valence-corrected chi connectivity index (χ3v) is 7.38. The molecule has 2 aromatic heterocycles. The number of nitrogens with zero attached hydrogens (tertiary/aromatic N) is 3. The zero-order valence-electron chi connectivity index (χ0n) is 18.7. The van der Waals surface area contributed by atoms with E-state index in [9.17, 15) is 9.50 Å². The van der Waals surface area contributed by atoms with Crippen molar-refractivity contribution in [1.82, 2.24) is 14.9 Å². The third kappa shape index (κ3) is 4.51. The molecule has 1 aliphatic rings. The van der Waals surface area contributed by atoms with E-state index in [-0.39, 0.29) is 11.9 Å². The van der Waals surface area contributed by atoms with E-state index in [1.54, 1.807) is 12.1 Å². The first kappa shape index (κ1) is 22.0. The number of hydrogen-bond acceptors (Lipinski definition) is 7. The minimum atomic E-state index is -0.854. The maximum absolute atomic E-state index is 13.5. The quantitative estimate of drug-likeness (QED) is 0.385. The molecule has 2 unspecified atom stereocenters. The van der Waals surface area contributed by atoms with Crippen LogP contribution in [0.4, 0.5) is 10.4 Å². The highest BCUT2D eigenvalue weighted by Gasteiger charge is 2.35. The number of fused-ring (bicyclic) bond motifs is 1. The first-order valence-corrected chi connectivity index (χ1v) is 12.1. The van der Waals surface area contributed by atoms with Gasteiger partial charge in [0.2, 0.25) is 0 Å². The molecule has 3 atom stereocenters. The van der Waals surface area contributed by atoms with Gasteiger partial charge in [0, 0.05) is 19.1 Å². The minimum absolute atomic E-state index is 0.0758. The van der Waals surface area contributed by atoms with Crippen molar-refractivity contribution in [2.45, 2.75) is 39.0 Å². The molecule has 0 radical (unpaired) electrons. The van der Waals surface area contributed by atoms with E-state index in [0.29, 0.717) is 24.2 Å². The van der Waals surface area contributed by atoms with Gasteiger partial charge in [0.15, 0.2) is 11.8 Å². The number of benzene rings is 2. The molecule has 33 heavy (non-hydrogen) atoms. The largest absolute Gasteiger partial charge is 0.424 e. The van der Waals surface area contributed by atoms with Crippen molar-refractivity contribution in [2.24, 2.45) is 5.92 Å². The van der Waals surface area contributed by atoms with Crippen molar-refractivity contribution in [2.75, 3.05) is 18.4 Å². The molecule has 5 rings (SSSR count). The highest BCUT2D eigenvalue weighted by Crippen LogP contribution is 2.38. The summed E-state index contributed by atoms with van der Waals surface area (Å²) in [4.78, 5) is 12.2. The van der Waals surface area contributed by atoms with Gasteiger partial charge >= 0.3 is 0 Å². The number of aliphatic hydroxyl groups excluding tert-OH is 1. The molecule has 3 heterocycles. The van der Waals surface area contributed by atoms with E-state index in [1.807, 2.05) is 31.2 Å². The van der Waals surface area contributed by atoms with Crippen LogP contribution in [0.1, 0.15) is 36.7 Å². The number of oxazole rings is 1. The van der Waals surface area contributed by atoms with Crippen LogP contribution in [0.3, 0.4) is 0 Å². The highest BCUT2D eigenvalue weighted by molar-refractivity contribution is 7.15. The molecule has 6 nitrogen and oxygen atoms in total. The number of aromatic nitrogens is 2. The first-order chi connectivity index (χ1) is 16.0. The van der Waals surface area contributed by atoms with Gasteiger partial charge in [-0.05, 0) is 55.5 Å². The van der Waals surface area contributed by atoms with Gasteiger partial charge in [-0.25, -0.2) is 9.37 Å². The average Bonchev–Trinajstić information content (AvgIpc) is 3.41. The Morgan fingerprint density at radius 2 is 2.00 bits per heavy atom. The van der Waals surface area contributed by atoms with Gasteiger partial charge in [-0.2, -0.15) is 4.98 Å². The lowest BCUT2D eigenvalue weighted by atomic mass is 9.90. The van der Waals surface area contributed by atoms with Crippen molar-refractivity contribution in [3.8, 4) is 10.4 Å². The minimum Gasteiger partial charge on any atom is -0.424 e. The fraction of sp³-hybridized carbons (Fsp3) is 0.360. The Labute approximate surface area is 196 Å². The Kier molecular flexibility index (Phi) is 6.14. The first-order valence-electron chi connectivity index (χ1n) is 11.3. The van der Waals surface area contributed by atoms with Crippen LogP contribution < -0.4 is 5.32 Å². The fourth-order valence-corrected chi connectivity index (χ4v) is 5.58. The molecule has 4 aromatic rings. The number of halogens is 1. The number of piperidine rings is 1. The number of aliphatic hydroxyl groups is 1. The second-order valence-corrected chi connectivity index (χ2v) is 9.82. The maximum atomic E-state index is 13.5. The molecule has 0 spiro atoms. The van der Waals surface area contributed by atoms with Gasteiger partial charge in [0.05, 0.1) is 9.88 Å². The van der Waals surface area contributed by atoms with Crippen LogP contribution >= 0.6 is 11.3 Å². The number of hydrogen-bond donors (Lipinski definition) is 2. The topological polar surface area (TPSA) is 74.4 Å². The summed E-state index contributed by atoms with van der Waals surface area (Å²) in [6.45, 7) is 5.51. The summed E-state index contributed by atoms with van der Waals surface area (Å²) in [5, 5.41) is 15.7. The summed E-state index contributed by atoms with van der Waals surface area (Å²) in [7, 11) is 0. The maximum Gasteiger partial charge on any atom is 0.295 e. The van der Waals surface area contributed by atoms with E-state index in [1.165, 1.54) is 23.5 Å². The molecule has 1 saturated heterocycles. The molecule has 0 aliphatic carbocycles. The summed E-state index contributed by atoms with van der Waals surface area (Å²) < 4.78 is 19.3. The van der Waals surface area contributed by atoms with Crippen LogP contribution in [-0.4, -0.2) is 39.1 Å². The standard InChI is InChI=1S/C25H27FN4O2S/c1-15-6-5-13-30(20(15)14-27-25-29-19-7-3-4-8-21(19)32-25)24(31)22-23(33-16(2)28-22)17-9-11-18(26)12-10-17/h3-4,7-12,15,20,24,31H,5-6,13-14H2,1-2H3,(H,27,29)/t15-,20?,24?/m0/s1. The zero-order chi connectivity index (χ0) is 22.9. The molecule has 0 bridgehead atoms. The lowest BCUT2D eigenvalue weighted by molar-refractivity contribution is -0.0572. The van der Waals surface area contributed by atoms with Crippen LogP contribution in [0.25, 0.3) is 21.5 Å². The second kappa shape index (κ2) is 9.21. The molecular weight excluding hydrogens is 439 g/mol. The van der Waals surface area contributed by atoms with Crippen molar-refractivity contribution < 1.29 is 13.9 Å². The third-order valence-electron chi connectivity index (χ3n) is 6.34. The number of nitrogens with one attached hydrogen (secondary N) is 1. The van der Waals surface area contributed by atoms with E-state index >= 15 is 0 Å². The summed E-state index contributed by atoms with van der Waals surface area (Å²) in [5.74, 6) is 0.0940. The average molecular weight is 467 g/mol. The summed E-state index contributed by atoms with van der Waals surface area (Å²) in [6.07, 6.45) is 1.24. The van der Waals surface area contributed by atoms with Gasteiger partial charge in [0.1, 0.15) is 17.0 Å². The molecule has 8 heteroatoms. The van der Waals surface area contributed by atoms with Crippen molar-refractivity contribution in [3.63, 3.8) is 0 Å². The summed E-state index contributed by atoms with van der Waals surface area (Å²) in [6, 6.07) is 14.6. The van der Waals surface area contributed by atoms with Gasteiger partial charge in [-0.3, -0.25) is 4.90 Å². The summed E-state index contributed by atoms with van der Waals surface area (Å²) in [5.41, 5.74) is 3.05. The van der Waals surface area contributed by atoms with Crippen molar-refractivity contribution in [3.05, 3.63) is 65.0 Å². The lowest BCUT2D eigenvalue weighted by Gasteiger charge is -2.42. The molecular formula is C25H27FN4O2S. The van der Waals surface area contributed by atoms with Gasteiger partial charge < -0.3 is 14.8 Å². The zero-order valence-corrected chi connectivity index (χ0v) is 19.5. The normalized spacial score (nSPS) is 20.2. The molecule has 0 amide bonds. The summed E-state index contributed by atoms with van der Waals surface area (Å²) >= 11 is 1.52. The lowest BCUT2D eigenvalue weighted by Crippen LogP contribution is -2.49. The van der Waals surface area contributed by atoms with Crippen molar-refractivity contribution in [1.29, 1.82) is 0 Å².